The first-order chi connectivity index (χ1) is 9.31. The van der Waals surface area contributed by atoms with Crippen molar-refractivity contribution in [3.63, 3.8) is 0 Å². The minimum absolute atomic E-state index is 0.139. The zero-order chi connectivity index (χ0) is 13.1. The van der Waals surface area contributed by atoms with Crippen LogP contribution in [0.15, 0.2) is 28.8 Å². The predicted molar refractivity (Wildman–Crippen MR) is 70.1 cm³/mol. The summed E-state index contributed by atoms with van der Waals surface area (Å²) in [6, 6.07) is 7.62. The van der Waals surface area contributed by atoms with Crippen molar-refractivity contribution in [1.29, 1.82) is 0 Å². The molecule has 1 aromatic carbocycles. The summed E-state index contributed by atoms with van der Waals surface area (Å²) in [5.74, 6) is 1.20. The number of morpholine rings is 1. The van der Waals surface area contributed by atoms with E-state index in [1.165, 1.54) is 0 Å². The normalized spacial score (nSPS) is 19.5. The lowest BCUT2D eigenvalue weighted by atomic mass is 10.1. The summed E-state index contributed by atoms with van der Waals surface area (Å²) in [5.41, 5.74) is 1.10. The largest absolute Gasteiger partial charge is 0.366 e. The van der Waals surface area contributed by atoms with Gasteiger partial charge in [-0.05, 0) is 17.7 Å². The zero-order valence-corrected chi connectivity index (χ0v) is 11.1. The van der Waals surface area contributed by atoms with Gasteiger partial charge in [0.2, 0.25) is 0 Å². The van der Waals surface area contributed by atoms with Crippen molar-refractivity contribution in [3.8, 4) is 0 Å². The summed E-state index contributed by atoms with van der Waals surface area (Å²) in [4.78, 5) is 4.38. The summed E-state index contributed by atoms with van der Waals surface area (Å²) < 4.78 is 10.8. The number of nitrogens with zero attached hydrogens (tertiary/aromatic N) is 2. The van der Waals surface area contributed by atoms with E-state index in [0.717, 1.165) is 17.1 Å². The van der Waals surface area contributed by atoms with Gasteiger partial charge in [-0.25, -0.2) is 0 Å². The number of halogens is 1. The standard InChI is InChI=1S/C13H14ClN3O2/c14-10-3-1-9(2-4-10)7-12-16-13(19-17-12)11-8-15-5-6-18-11/h1-4,11,15H,5-8H2. The van der Waals surface area contributed by atoms with Crippen LogP contribution in [0.2, 0.25) is 5.02 Å². The van der Waals surface area contributed by atoms with Crippen LogP contribution >= 0.6 is 11.6 Å². The highest BCUT2D eigenvalue weighted by Crippen LogP contribution is 2.18. The minimum atomic E-state index is -0.139. The van der Waals surface area contributed by atoms with E-state index in [-0.39, 0.29) is 6.10 Å². The van der Waals surface area contributed by atoms with E-state index in [1.807, 2.05) is 24.3 Å². The van der Waals surface area contributed by atoms with Gasteiger partial charge in [0.05, 0.1) is 6.61 Å². The Kier molecular flexibility index (Phi) is 3.77. The first-order valence-electron chi connectivity index (χ1n) is 6.20. The molecule has 3 rings (SSSR count). The highest BCUT2D eigenvalue weighted by molar-refractivity contribution is 6.30. The van der Waals surface area contributed by atoms with Crippen LogP contribution in [0, 0.1) is 0 Å². The molecule has 0 aliphatic carbocycles. The molecule has 2 heterocycles. The van der Waals surface area contributed by atoms with E-state index in [1.54, 1.807) is 0 Å². The Labute approximate surface area is 115 Å². The second-order valence-electron chi connectivity index (χ2n) is 4.42. The fourth-order valence-corrected chi connectivity index (χ4v) is 2.10. The zero-order valence-electron chi connectivity index (χ0n) is 10.3. The molecule has 1 aliphatic rings. The molecule has 0 amide bonds. The van der Waals surface area contributed by atoms with Gasteiger partial charge in [-0.2, -0.15) is 4.98 Å². The molecule has 1 atom stereocenters. The number of ether oxygens (including phenoxy) is 1. The molecular formula is C13H14ClN3O2. The van der Waals surface area contributed by atoms with Gasteiger partial charge in [0.25, 0.3) is 5.89 Å². The average Bonchev–Trinajstić information content (AvgIpc) is 2.91. The molecule has 5 nitrogen and oxygen atoms in total. The number of aromatic nitrogens is 2. The number of hydrogen-bond donors (Lipinski definition) is 1. The maximum atomic E-state index is 5.85. The molecule has 1 aliphatic heterocycles. The minimum Gasteiger partial charge on any atom is -0.366 e. The van der Waals surface area contributed by atoms with Crippen LogP contribution in [0.4, 0.5) is 0 Å². The van der Waals surface area contributed by atoms with E-state index < -0.39 is 0 Å². The maximum Gasteiger partial charge on any atom is 0.257 e. The van der Waals surface area contributed by atoms with Crippen LogP contribution < -0.4 is 5.32 Å². The Bertz CT molecular complexity index is 535. The quantitative estimate of drug-likeness (QED) is 0.931. The summed E-state index contributed by atoms with van der Waals surface area (Å²) in [5, 5.41) is 7.93. The molecule has 19 heavy (non-hydrogen) atoms. The van der Waals surface area contributed by atoms with Crippen molar-refractivity contribution in [1.82, 2.24) is 15.5 Å². The van der Waals surface area contributed by atoms with Gasteiger partial charge >= 0.3 is 0 Å². The Morgan fingerprint density at radius 2 is 2.16 bits per heavy atom. The van der Waals surface area contributed by atoms with Crippen molar-refractivity contribution >= 4 is 11.6 Å². The molecule has 6 heteroatoms. The first-order valence-corrected chi connectivity index (χ1v) is 6.58. The van der Waals surface area contributed by atoms with Crippen LogP contribution in [0.5, 0.6) is 0 Å². The lowest BCUT2D eigenvalue weighted by Gasteiger charge is -2.19. The van der Waals surface area contributed by atoms with Gasteiger partial charge in [0.1, 0.15) is 6.10 Å². The molecule has 0 bridgehead atoms. The molecule has 1 N–H and O–H groups in total. The molecule has 0 spiro atoms. The summed E-state index contributed by atoms with van der Waals surface area (Å²) in [6.45, 7) is 2.24. The van der Waals surface area contributed by atoms with E-state index in [4.69, 9.17) is 20.9 Å². The molecule has 1 unspecified atom stereocenters. The fourth-order valence-electron chi connectivity index (χ4n) is 1.98. The van der Waals surface area contributed by atoms with Gasteiger partial charge in [-0.3, -0.25) is 0 Å². The van der Waals surface area contributed by atoms with Crippen LogP contribution in [-0.4, -0.2) is 29.8 Å². The smallest absolute Gasteiger partial charge is 0.257 e. The third-order valence-corrected chi connectivity index (χ3v) is 3.21. The van der Waals surface area contributed by atoms with Crippen LogP contribution in [0.3, 0.4) is 0 Å². The van der Waals surface area contributed by atoms with Gasteiger partial charge in [-0.1, -0.05) is 28.9 Å². The predicted octanol–water partition coefficient (Wildman–Crippen LogP) is 1.97. The van der Waals surface area contributed by atoms with Crippen LogP contribution in [0.1, 0.15) is 23.4 Å². The highest BCUT2D eigenvalue weighted by atomic mass is 35.5. The molecule has 1 saturated heterocycles. The molecular weight excluding hydrogens is 266 g/mol. The summed E-state index contributed by atoms with van der Waals surface area (Å²) in [7, 11) is 0. The SMILES string of the molecule is Clc1ccc(Cc2noc(C3CNCCO3)n2)cc1. The monoisotopic (exact) mass is 279 g/mol. The number of rotatable bonds is 3. The van der Waals surface area contributed by atoms with Crippen molar-refractivity contribution in [3.05, 3.63) is 46.6 Å². The van der Waals surface area contributed by atoms with Crippen molar-refractivity contribution < 1.29 is 9.26 Å². The maximum absolute atomic E-state index is 5.85. The van der Waals surface area contributed by atoms with Gasteiger partial charge in [0.15, 0.2) is 5.82 Å². The second-order valence-corrected chi connectivity index (χ2v) is 4.85. The Morgan fingerprint density at radius 1 is 1.32 bits per heavy atom. The third kappa shape index (κ3) is 3.12. The molecule has 1 aromatic heterocycles. The van der Waals surface area contributed by atoms with Crippen molar-refractivity contribution in [2.45, 2.75) is 12.5 Å². The van der Waals surface area contributed by atoms with Gasteiger partial charge in [-0.15, -0.1) is 0 Å². The summed E-state index contributed by atoms with van der Waals surface area (Å²) >= 11 is 5.85. The molecule has 2 aromatic rings. The van der Waals surface area contributed by atoms with E-state index >= 15 is 0 Å². The molecule has 100 valence electrons. The van der Waals surface area contributed by atoms with Crippen LogP contribution in [0.25, 0.3) is 0 Å². The highest BCUT2D eigenvalue weighted by Gasteiger charge is 2.22. The van der Waals surface area contributed by atoms with E-state index in [2.05, 4.69) is 15.5 Å². The molecule has 0 saturated carbocycles. The number of nitrogens with one attached hydrogen (secondary N) is 1. The summed E-state index contributed by atoms with van der Waals surface area (Å²) in [6.07, 6.45) is 0.487. The Hall–Kier alpha value is -1.43. The number of benzene rings is 1. The van der Waals surface area contributed by atoms with Crippen LogP contribution in [-0.2, 0) is 11.2 Å². The molecule has 1 fully saturated rings. The topological polar surface area (TPSA) is 60.2 Å². The lowest BCUT2D eigenvalue weighted by molar-refractivity contribution is 0.00755. The Balaban J connectivity index is 1.68. The lowest BCUT2D eigenvalue weighted by Crippen LogP contribution is -2.33. The Morgan fingerprint density at radius 3 is 2.89 bits per heavy atom. The second kappa shape index (κ2) is 5.69. The number of hydrogen-bond acceptors (Lipinski definition) is 5. The van der Waals surface area contributed by atoms with Gasteiger partial charge < -0.3 is 14.6 Å². The van der Waals surface area contributed by atoms with Crippen molar-refractivity contribution in [2.24, 2.45) is 0 Å². The van der Waals surface area contributed by atoms with Gasteiger partial charge in [0, 0.05) is 24.5 Å². The third-order valence-electron chi connectivity index (χ3n) is 2.96. The molecule has 0 radical (unpaired) electrons. The fraction of sp³-hybridized carbons (Fsp3) is 0.385. The van der Waals surface area contributed by atoms with Crippen molar-refractivity contribution in [2.75, 3.05) is 19.7 Å². The average molecular weight is 280 g/mol. The first kappa shape index (κ1) is 12.6. The van der Waals surface area contributed by atoms with E-state index in [9.17, 15) is 0 Å². The van der Waals surface area contributed by atoms with E-state index in [0.29, 0.717) is 31.3 Å².